The van der Waals surface area contributed by atoms with E-state index < -0.39 is 0 Å². The highest BCUT2D eigenvalue weighted by molar-refractivity contribution is 5.69. The molecule has 41 heavy (non-hydrogen) atoms. The van der Waals surface area contributed by atoms with E-state index in [9.17, 15) is 4.79 Å². The van der Waals surface area contributed by atoms with Gasteiger partial charge in [0.05, 0.1) is 0 Å². The number of carbonyl (C=O) groups excluding carboxylic acids is 1. The molecule has 0 radical (unpaired) electrons. The quantitative estimate of drug-likeness (QED) is 0.0933. The van der Waals surface area contributed by atoms with Crippen LogP contribution in [0.3, 0.4) is 0 Å². The van der Waals surface area contributed by atoms with Gasteiger partial charge in [0.25, 0.3) is 0 Å². The van der Waals surface area contributed by atoms with E-state index in [2.05, 4.69) is 33.8 Å². The molecule has 4 rings (SSSR count). The van der Waals surface area contributed by atoms with Crippen LogP contribution in [-0.4, -0.2) is 12.1 Å². The molecular formula is C39H68O2. The average molecular weight is 569 g/mol. The second-order valence-corrected chi connectivity index (χ2v) is 15.6. The van der Waals surface area contributed by atoms with Crippen molar-refractivity contribution in [3.05, 3.63) is 11.6 Å². The number of rotatable bonds is 18. The minimum absolute atomic E-state index is 0.0617. The van der Waals surface area contributed by atoms with Crippen molar-refractivity contribution in [3.8, 4) is 0 Å². The Bertz CT molecular complexity index is 814. The third-order valence-corrected chi connectivity index (χ3v) is 12.9. The van der Waals surface area contributed by atoms with Gasteiger partial charge in [0.2, 0.25) is 0 Å². The lowest BCUT2D eigenvalue weighted by Gasteiger charge is -2.58. The molecule has 2 heteroatoms. The highest BCUT2D eigenvalue weighted by Crippen LogP contribution is 2.66. The minimum atomic E-state index is 0.0617. The van der Waals surface area contributed by atoms with Crippen molar-refractivity contribution in [1.82, 2.24) is 0 Å². The smallest absolute Gasteiger partial charge is 0.306 e. The summed E-state index contributed by atoms with van der Waals surface area (Å²) in [6.07, 6.45) is 35.5. The zero-order chi connectivity index (χ0) is 29.1. The minimum Gasteiger partial charge on any atom is -0.462 e. The van der Waals surface area contributed by atoms with Crippen molar-refractivity contribution < 1.29 is 9.53 Å². The van der Waals surface area contributed by atoms with Gasteiger partial charge < -0.3 is 4.74 Å². The highest BCUT2D eigenvalue weighted by atomic mass is 16.5. The van der Waals surface area contributed by atoms with Crippen LogP contribution in [0.5, 0.6) is 0 Å². The normalized spacial score (nSPS) is 34.4. The number of fused-ring (bicyclic) bond motifs is 5. The van der Waals surface area contributed by atoms with Crippen LogP contribution in [0.2, 0.25) is 0 Å². The van der Waals surface area contributed by atoms with Crippen LogP contribution in [0, 0.1) is 34.5 Å². The van der Waals surface area contributed by atoms with Gasteiger partial charge in [-0.15, -0.1) is 0 Å². The predicted molar refractivity (Wildman–Crippen MR) is 175 cm³/mol. The summed E-state index contributed by atoms with van der Waals surface area (Å²) >= 11 is 0. The maximum absolute atomic E-state index is 12.7. The Kier molecular flexibility index (Phi) is 13.2. The summed E-state index contributed by atoms with van der Waals surface area (Å²) in [6, 6.07) is 0. The largest absolute Gasteiger partial charge is 0.462 e. The second-order valence-electron chi connectivity index (χ2n) is 15.6. The Morgan fingerprint density at radius 2 is 1.39 bits per heavy atom. The molecule has 2 nitrogen and oxygen atoms in total. The van der Waals surface area contributed by atoms with Crippen molar-refractivity contribution in [2.75, 3.05) is 0 Å². The first-order valence-electron chi connectivity index (χ1n) is 18.8. The standard InChI is InChI=1S/C39H68O2/c1-5-7-9-11-13-14-15-17-19-21-37(40)41-33-26-28-39(4)32(30-33)22-24-34-35-25-23-31(20-18-16-12-10-8-6-2)38(35,3)29-27-36(34)39/h22,31,33-36H,5-21,23-30H2,1-4H3/t31-,33+,34+,35+,36+,38-,39+/m1/s1. The molecule has 0 saturated heterocycles. The van der Waals surface area contributed by atoms with Gasteiger partial charge in [-0.05, 0) is 92.3 Å². The number of hydrogen-bond acceptors (Lipinski definition) is 2. The number of ether oxygens (including phenoxy) is 1. The van der Waals surface area contributed by atoms with E-state index in [0.717, 1.165) is 42.9 Å². The molecule has 0 N–H and O–H groups in total. The Morgan fingerprint density at radius 3 is 2.07 bits per heavy atom. The van der Waals surface area contributed by atoms with Crippen LogP contribution in [0.15, 0.2) is 11.6 Å². The summed E-state index contributed by atoms with van der Waals surface area (Å²) in [4.78, 5) is 12.7. The molecule has 3 fully saturated rings. The number of allylic oxidation sites excluding steroid dienone is 1. The molecule has 0 unspecified atom stereocenters. The van der Waals surface area contributed by atoms with Gasteiger partial charge in [0.15, 0.2) is 0 Å². The first kappa shape index (κ1) is 33.1. The molecule has 0 aromatic rings. The van der Waals surface area contributed by atoms with Gasteiger partial charge in [-0.3, -0.25) is 4.79 Å². The van der Waals surface area contributed by atoms with E-state index in [1.165, 1.54) is 135 Å². The molecule has 4 aliphatic carbocycles. The molecule has 0 amide bonds. The van der Waals surface area contributed by atoms with Crippen LogP contribution < -0.4 is 0 Å². The molecule has 3 saturated carbocycles. The van der Waals surface area contributed by atoms with Crippen LogP contribution in [0.1, 0.15) is 188 Å². The zero-order valence-electron chi connectivity index (χ0n) is 28.0. The maximum Gasteiger partial charge on any atom is 0.306 e. The third kappa shape index (κ3) is 8.44. The summed E-state index contributed by atoms with van der Waals surface area (Å²) < 4.78 is 6.08. The predicted octanol–water partition coefficient (Wildman–Crippen LogP) is 12.1. The average Bonchev–Trinajstić information content (AvgIpc) is 3.30. The lowest BCUT2D eigenvalue weighted by atomic mass is 9.47. The van der Waals surface area contributed by atoms with E-state index in [1.807, 2.05) is 0 Å². The lowest BCUT2D eigenvalue weighted by Crippen LogP contribution is -2.50. The summed E-state index contributed by atoms with van der Waals surface area (Å²) in [6.45, 7) is 9.90. The van der Waals surface area contributed by atoms with Crippen molar-refractivity contribution in [1.29, 1.82) is 0 Å². The molecule has 0 heterocycles. The molecule has 7 atom stereocenters. The van der Waals surface area contributed by atoms with E-state index in [-0.39, 0.29) is 12.1 Å². The van der Waals surface area contributed by atoms with Gasteiger partial charge in [-0.2, -0.15) is 0 Å². The van der Waals surface area contributed by atoms with Gasteiger partial charge in [0.1, 0.15) is 6.10 Å². The maximum atomic E-state index is 12.7. The molecule has 0 aromatic heterocycles. The zero-order valence-corrected chi connectivity index (χ0v) is 28.0. The summed E-state index contributed by atoms with van der Waals surface area (Å²) in [5.41, 5.74) is 2.59. The Morgan fingerprint density at radius 1 is 0.756 bits per heavy atom. The van der Waals surface area contributed by atoms with Gasteiger partial charge >= 0.3 is 5.97 Å². The highest BCUT2D eigenvalue weighted by Gasteiger charge is 2.58. The number of hydrogen-bond donors (Lipinski definition) is 0. The lowest BCUT2D eigenvalue weighted by molar-refractivity contribution is -0.151. The van der Waals surface area contributed by atoms with Crippen molar-refractivity contribution in [3.63, 3.8) is 0 Å². The van der Waals surface area contributed by atoms with Crippen molar-refractivity contribution >= 4 is 5.97 Å². The van der Waals surface area contributed by atoms with Crippen LogP contribution in [-0.2, 0) is 9.53 Å². The number of carbonyl (C=O) groups is 1. The summed E-state index contributed by atoms with van der Waals surface area (Å²) in [5.74, 6) is 3.72. The molecule has 0 aromatic carbocycles. The Balaban J connectivity index is 1.20. The first-order chi connectivity index (χ1) is 19.9. The summed E-state index contributed by atoms with van der Waals surface area (Å²) in [5, 5.41) is 0. The van der Waals surface area contributed by atoms with Crippen LogP contribution in [0.4, 0.5) is 0 Å². The SMILES string of the molecule is CCCCCCCCCCCC(=O)O[C@H]1CC[C@@]2(C)C(=CC[C@H]3[C@@H]4CC[C@@H](CCCCCCCC)[C@@]4(C)CC[C@@H]32)C1. The molecular weight excluding hydrogens is 500 g/mol. The van der Waals surface area contributed by atoms with E-state index >= 15 is 0 Å². The fourth-order valence-electron chi connectivity index (χ4n) is 10.3. The monoisotopic (exact) mass is 569 g/mol. The van der Waals surface area contributed by atoms with E-state index in [4.69, 9.17) is 4.74 Å². The summed E-state index contributed by atoms with van der Waals surface area (Å²) in [7, 11) is 0. The van der Waals surface area contributed by atoms with E-state index in [0.29, 0.717) is 17.3 Å². The topological polar surface area (TPSA) is 26.3 Å². The second kappa shape index (κ2) is 16.3. The van der Waals surface area contributed by atoms with Crippen molar-refractivity contribution in [2.24, 2.45) is 34.5 Å². The first-order valence-corrected chi connectivity index (χ1v) is 18.8. The van der Waals surface area contributed by atoms with Gasteiger partial charge in [0, 0.05) is 12.8 Å². The number of unbranched alkanes of at least 4 members (excludes halogenated alkanes) is 13. The molecule has 0 spiro atoms. The van der Waals surface area contributed by atoms with Crippen LogP contribution in [0.25, 0.3) is 0 Å². The number of esters is 1. The van der Waals surface area contributed by atoms with Crippen LogP contribution >= 0.6 is 0 Å². The Hall–Kier alpha value is -0.790. The fraction of sp³-hybridized carbons (Fsp3) is 0.923. The van der Waals surface area contributed by atoms with E-state index in [1.54, 1.807) is 5.57 Å². The third-order valence-electron chi connectivity index (χ3n) is 12.9. The van der Waals surface area contributed by atoms with Crippen molar-refractivity contribution in [2.45, 2.75) is 194 Å². The molecule has 0 aliphatic heterocycles. The van der Waals surface area contributed by atoms with Gasteiger partial charge in [-0.25, -0.2) is 0 Å². The van der Waals surface area contributed by atoms with Gasteiger partial charge in [-0.1, -0.05) is 129 Å². The fourth-order valence-corrected chi connectivity index (χ4v) is 10.3. The molecule has 236 valence electrons. The molecule has 4 aliphatic rings. The molecule has 0 bridgehead atoms. The Labute approximate surface area is 255 Å².